The van der Waals surface area contributed by atoms with E-state index in [-0.39, 0.29) is 42.1 Å². The first-order valence-corrected chi connectivity index (χ1v) is 10.3. The van der Waals surface area contributed by atoms with Gasteiger partial charge in [-0.05, 0) is 69.3 Å². The van der Waals surface area contributed by atoms with E-state index in [9.17, 15) is 14.0 Å². The Morgan fingerprint density at radius 3 is 2.66 bits per heavy atom. The summed E-state index contributed by atoms with van der Waals surface area (Å²) in [5.41, 5.74) is 0.877. The first-order chi connectivity index (χ1) is 13.5. The van der Waals surface area contributed by atoms with Crippen LogP contribution in [0.2, 0.25) is 0 Å². The Labute approximate surface area is 178 Å². The Kier molecular flexibility index (Phi) is 9.33. The fourth-order valence-electron chi connectivity index (χ4n) is 4.00. The van der Waals surface area contributed by atoms with Crippen LogP contribution < -0.4 is 16.0 Å². The van der Waals surface area contributed by atoms with Gasteiger partial charge in [0.15, 0.2) is 0 Å². The van der Waals surface area contributed by atoms with Crippen molar-refractivity contribution in [2.24, 2.45) is 5.92 Å². The molecule has 29 heavy (non-hydrogen) atoms. The lowest BCUT2D eigenvalue weighted by Gasteiger charge is -2.36. The minimum atomic E-state index is -0.279. The smallest absolute Gasteiger partial charge is 0.237 e. The molecular formula is C21H32ClFN4O2. The molecule has 3 rings (SSSR count). The number of amides is 2. The second-order valence-corrected chi connectivity index (χ2v) is 7.92. The largest absolute Gasteiger partial charge is 0.354 e. The number of likely N-dealkylation sites (tertiary alicyclic amines) is 1. The average Bonchev–Trinajstić information content (AvgIpc) is 3.26. The summed E-state index contributed by atoms with van der Waals surface area (Å²) in [6.45, 7) is 5.59. The van der Waals surface area contributed by atoms with E-state index < -0.39 is 0 Å². The van der Waals surface area contributed by atoms with Crippen molar-refractivity contribution < 1.29 is 14.0 Å². The van der Waals surface area contributed by atoms with E-state index in [0.717, 1.165) is 50.9 Å². The second kappa shape index (κ2) is 11.5. The molecule has 6 nitrogen and oxygen atoms in total. The minimum Gasteiger partial charge on any atom is -0.354 e. The zero-order valence-corrected chi connectivity index (χ0v) is 17.8. The standard InChI is InChI=1S/C21H31FN4O2.ClH/c1-15(20(27)24-12-16-6-8-18(22)9-7-16)26-11-3-4-17(14-26)13-25-21(28)19-5-2-10-23-19;/h6-9,15,17,19,23H,2-5,10-14H2,1H3,(H,24,27)(H,25,28);1H. The lowest BCUT2D eigenvalue weighted by atomic mass is 9.96. The molecule has 0 spiro atoms. The summed E-state index contributed by atoms with van der Waals surface area (Å²) in [5.74, 6) is 0.161. The minimum absolute atomic E-state index is 0. The van der Waals surface area contributed by atoms with Crippen molar-refractivity contribution in [2.45, 2.75) is 51.2 Å². The number of nitrogens with zero attached hydrogens (tertiary/aromatic N) is 1. The van der Waals surface area contributed by atoms with Crippen molar-refractivity contribution in [3.8, 4) is 0 Å². The molecule has 0 saturated carbocycles. The third kappa shape index (κ3) is 6.94. The summed E-state index contributed by atoms with van der Waals surface area (Å²) >= 11 is 0. The fourth-order valence-corrected chi connectivity index (χ4v) is 4.00. The predicted octanol–water partition coefficient (Wildman–Crippen LogP) is 1.83. The monoisotopic (exact) mass is 426 g/mol. The van der Waals surface area contributed by atoms with Crippen molar-refractivity contribution in [1.82, 2.24) is 20.9 Å². The third-order valence-corrected chi connectivity index (χ3v) is 5.80. The number of hydrogen-bond acceptors (Lipinski definition) is 4. The van der Waals surface area contributed by atoms with E-state index in [1.807, 2.05) is 6.92 Å². The third-order valence-electron chi connectivity index (χ3n) is 5.80. The van der Waals surface area contributed by atoms with Crippen LogP contribution in [0.25, 0.3) is 0 Å². The van der Waals surface area contributed by atoms with Crippen LogP contribution in [0.4, 0.5) is 4.39 Å². The van der Waals surface area contributed by atoms with E-state index in [1.54, 1.807) is 12.1 Å². The number of hydrogen-bond donors (Lipinski definition) is 3. The first kappa shape index (κ1) is 23.6. The normalized spacial score (nSPS) is 23.1. The van der Waals surface area contributed by atoms with Crippen molar-refractivity contribution in [2.75, 3.05) is 26.2 Å². The van der Waals surface area contributed by atoms with Crippen molar-refractivity contribution in [3.05, 3.63) is 35.6 Å². The maximum Gasteiger partial charge on any atom is 0.237 e. The van der Waals surface area contributed by atoms with E-state index >= 15 is 0 Å². The van der Waals surface area contributed by atoms with E-state index in [4.69, 9.17) is 0 Å². The van der Waals surface area contributed by atoms with Crippen LogP contribution in [-0.4, -0.2) is 55.0 Å². The van der Waals surface area contributed by atoms with Gasteiger partial charge in [0.2, 0.25) is 11.8 Å². The molecular weight excluding hydrogens is 395 g/mol. The fraction of sp³-hybridized carbons (Fsp3) is 0.619. The molecule has 2 aliphatic heterocycles. The van der Waals surface area contributed by atoms with E-state index in [2.05, 4.69) is 20.9 Å². The number of carbonyl (C=O) groups is 2. The molecule has 2 aliphatic rings. The maximum absolute atomic E-state index is 13.0. The number of rotatable bonds is 7. The molecule has 2 heterocycles. The Balaban J connectivity index is 0.00000300. The van der Waals surface area contributed by atoms with Crippen LogP contribution in [0.5, 0.6) is 0 Å². The molecule has 3 unspecified atom stereocenters. The highest BCUT2D eigenvalue weighted by Crippen LogP contribution is 2.18. The van der Waals surface area contributed by atoms with Gasteiger partial charge < -0.3 is 16.0 Å². The van der Waals surface area contributed by atoms with Gasteiger partial charge in [-0.3, -0.25) is 14.5 Å². The molecule has 2 fully saturated rings. The SMILES string of the molecule is CC(C(=O)NCc1ccc(F)cc1)N1CCCC(CNC(=O)C2CCCN2)C1.Cl. The number of piperidine rings is 1. The molecule has 8 heteroatoms. The summed E-state index contributed by atoms with van der Waals surface area (Å²) in [7, 11) is 0. The highest BCUT2D eigenvalue weighted by atomic mass is 35.5. The highest BCUT2D eigenvalue weighted by molar-refractivity contribution is 5.85. The summed E-state index contributed by atoms with van der Waals surface area (Å²) in [6.07, 6.45) is 4.06. The topological polar surface area (TPSA) is 73.5 Å². The molecule has 1 aromatic rings. The molecule has 0 aliphatic carbocycles. The summed E-state index contributed by atoms with van der Waals surface area (Å²) in [4.78, 5) is 26.9. The molecule has 1 aromatic carbocycles. The van der Waals surface area contributed by atoms with Gasteiger partial charge in [0.05, 0.1) is 12.1 Å². The number of carbonyl (C=O) groups excluding carboxylic acids is 2. The van der Waals surface area contributed by atoms with E-state index in [0.29, 0.717) is 19.0 Å². The van der Waals surface area contributed by atoms with Gasteiger partial charge >= 0.3 is 0 Å². The van der Waals surface area contributed by atoms with Gasteiger partial charge in [0, 0.05) is 19.6 Å². The molecule has 162 valence electrons. The average molecular weight is 427 g/mol. The van der Waals surface area contributed by atoms with Gasteiger partial charge in [-0.1, -0.05) is 12.1 Å². The van der Waals surface area contributed by atoms with Crippen LogP contribution in [0.3, 0.4) is 0 Å². The highest BCUT2D eigenvalue weighted by Gasteiger charge is 2.28. The number of halogens is 2. The van der Waals surface area contributed by atoms with Crippen molar-refractivity contribution in [3.63, 3.8) is 0 Å². The number of benzene rings is 1. The van der Waals surface area contributed by atoms with Gasteiger partial charge in [0.25, 0.3) is 0 Å². The molecule has 0 radical (unpaired) electrons. The Hall–Kier alpha value is -1.70. The Morgan fingerprint density at radius 1 is 1.21 bits per heavy atom. The quantitative estimate of drug-likeness (QED) is 0.622. The zero-order valence-electron chi connectivity index (χ0n) is 17.0. The first-order valence-electron chi connectivity index (χ1n) is 10.3. The lowest BCUT2D eigenvalue weighted by Crippen LogP contribution is -2.51. The van der Waals surface area contributed by atoms with Crippen LogP contribution in [0.1, 0.15) is 38.2 Å². The zero-order chi connectivity index (χ0) is 19.9. The molecule has 2 amide bonds. The summed E-state index contributed by atoms with van der Waals surface area (Å²) in [5, 5.41) is 9.23. The van der Waals surface area contributed by atoms with Gasteiger partial charge in [0.1, 0.15) is 5.82 Å². The second-order valence-electron chi connectivity index (χ2n) is 7.92. The Morgan fingerprint density at radius 2 is 1.97 bits per heavy atom. The van der Waals surface area contributed by atoms with Crippen molar-refractivity contribution in [1.29, 1.82) is 0 Å². The molecule has 3 N–H and O–H groups in total. The van der Waals surface area contributed by atoms with Crippen LogP contribution >= 0.6 is 12.4 Å². The van der Waals surface area contributed by atoms with Gasteiger partial charge in [-0.15, -0.1) is 12.4 Å². The van der Waals surface area contributed by atoms with Crippen molar-refractivity contribution >= 4 is 24.2 Å². The van der Waals surface area contributed by atoms with E-state index in [1.165, 1.54) is 12.1 Å². The molecule has 0 aromatic heterocycles. The van der Waals surface area contributed by atoms with Crippen LogP contribution in [-0.2, 0) is 16.1 Å². The van der Waals surface area contributed by atoms with Crippen LogP contribution in [0, 0.1) is 11.7 Å². The molecule has 2 saturated heterocycles. The predicted molar refractivity (Wildman–Crippen MR) is 113 cm³/mol. The van der Waals surface area contributed by atoms with Crippen LogP contribution in [0.15, 0.2) is 24.3 Å². The van der Waals surface area contributed by atoms with Gasteiger partial charge in [-0.25, -0.2) is 4.39 Å². The summed E-state index contributed by atoms with van der Waals surface area (Å²) in [6, 6.07) is 5.88. The summed E-state index contributed by atoms with van der Waals surface area (Å²) < 4.78 is 13.0. The molecule has 3 atom stereocenters. The molecule has 0 bridgehead atoms. The Bertz CT molecular complexity index is 667. The maximum atomic E-state index is 13.0. The number of nitrogens with one attached hydrogen (secondary N) is 3. The lowest BCUT2D eigenvalue weighted by molar-refractivity contribution is -0.127. The van der Waals surface area contributed by atoms with Gasteiger partial charge in [-0.2, -0.15) is 0 Å².